The Bertz CT molecular complexity index is 748. The molecule has 0 amide bonds. The van der Waals surface area contributed by atoms with E-state index in [2.05, 4.69) is 36.6 Å². The van der Waals surface area contributed by atoms with Crippen LogP contribution in [0.1, 0.15) is 22.7 Å². The van der Waals surface area contributed by atoms with Crippen molar-refractivity contribution < 1.29 is 0 Å². The van der Waals surface area contributed by atoms with E-state index in [1.807, 2.05) is 18.2 Å². The molecule has 0 aliphatic heterocycles. The molecular formula is C17H16ClNS. The molecule has 1 unspecified atom stereocenters. The number of halogens is 1. The largest absolute Gasteiger partial charge is 0.324 e. The fraction of sp³-hybridized carbons (Fsp3) is 0.176. The topological polar surface area (TPSA) is 26.0 Å². The third-order valence-electron chi connectivity index (χ3n) is 3.64. The lowest BCUT2D eigenvalue weighted by molar-refractivity contribution is 0.721. The summed E-state index contributed by atoms with van der Waals surface area (Å²) in [5.74, 6) is 0. The molecule has 0 fully saturated rings. The van der Waals surface area contributed by atoms with Gasteiger partial charge < -0.3 is 5.73 Å². The maximum absolute atomic E-state index is 6.39. The number of thiophene rings is 1. The summed E-state index contributed by atoms with van der Waals surface area (Å²) in [6, 6.07) is 14.4. The van der Waals surface area contributed by atoms with Crippen LogP contribution in [-0.4, -0.2) is 0 Å². The minimum absolute atomic E-state index is 0.0216. The molecule has 1 nitrogen and oxygen atoms in total. The van der Waals surface area contributed by atoms with Crippen LogP contribution in [0.3, 0.4) is 0 Å². The second kappa shape index (κ2) is 5.57. The van der Waals surface area contributed by atoms with E-state index in [1.54, 1.807) is 11.3 Å². The highest BCUT2D eigenvalue weighted by Gasteiger charge is 2.13. The number of nitrogens with two attached hydrogens (primary N) is 1. The summed E-state index contributed by atoms with van der Waals surface area (Å²) in [6.07, 6.45) is 0.838. The molecule has 0 saturated carbocycles. The summed E-state index contributed by atoms with van der Waals surface area (Å²) >= 11 is 7.86. The lowest BCUT2D eigenvalue weighted by Crippen LogP contribution is -2.14. The van der Waals surface area contributed by atoms with Crippen LogP contribution in [0.2, 0.25) is 5.02 Å². The maximum atomic E-state index is 6.39. The number of hydrogen-bond acceptors (Lipinski definition) is 2. The Balaban J connectivity index is 1.92. The summed E-state index contributed by atoms with van der Waals surface area (Å²) in [4.78, 5) is 0. The van der Waals surface area contributed by atoms with Gasteiger partial charge in [0.15, 0.2) is 0 Å². The molecular weight excluding hydrogens is 286 g/mol. The quantitative estimate of drug-likeness (QED) is 0.715. The third-order valence-corrected chi connectivity index (χ3v) is 4.89. The highest BCUT2D eigenvalue weighted by molar-refractivity contribution is 7.17. The Kier molecular flexibility index (Phi) is 3.79. The average Bonchev–Trinajstić information content (AvgIpc) is 2.85. The van der Waals surface area contributed by atoms with Crippen LogP contribution in [0, 0.1) is 6.92 Å². The highest BCUT2D eigenvalue weighted by Crippen LogP contribution is 2.30. The van der Waals surface area contributed by atoms with Crippen LogP contribution < -0.4 is 5.73 Å². The monoisotopic (exact) mass is 301 g/mol. The van der Waals surface area contributed by atoms with Gasteiger partial charge in [0.2, 0.25) is 0 Å². The van der Waals surface area contributed by atoms with Crippen molar-refractivity contribution in [3.05, 3.63) is 69.6 Å². The van der Waals surface area contributed by atoms with Gasteiger partial charge in [-0.05, 0) is 59.0 Å². The summed E-state index contributed by atoms with van der Waals surface area (Å²) in [6.45, 7) is 2.08. The van der Waals surface area contributed by atoms with Crippen LogP contribution in [0.25, 0.3) is 10.1 Å². The lowest BCUT2D eigenvalue weighted by Gasteiger charge is -2.15. The number of aryl methyl sites for hydroxylation is 1. The van der Waals surface area contributed by atoms with Crippen molar-refractivity contribution in [2.45, 2.75) is 19.4 Å². The molecule has 3 rings (SSSR count). The van der Waals surface area contributed by atoms with Crippen LogP contribution in [0.4, 0.5) is 0 Å². The van der Waals surface area contributed by atoms with E-state index >= 15 is 0 Å². The predicted octanol–water partition coefficient (Wildman–Crippen LogP) is 5.11. The Morgan fingerprint density at radius 1 is 1.20 bits per heavy atom. The fourth-order valence-electron chi connectivity index (χ4n) is 2.55. The fourth-order valence-corrected chi connectivity index (χ4v) is 3.70. The van der Waals surface area contributed by atoms with Crippen molar-refractivity contribution in [3.8, 4) is 0 Å². The zero-order chi connectivity index (χ0) is 14.1. The third kappa shape index (κ3) is 2.59. The molecule has 0 radical (unpaired) electrons. The van der Waals surface area contributed by atoms with Gasteiger partial charge in [0.25, 0.3) is 0 Å². The Labute approximate surface area is 128 Å². The van der Waals surface area contributed by atoms with Gasteiger partial charge in [-0.2, -0.15) is 0 Å². The number of benzene rings is 2. The molecule has 1 heterocycles. The van der Waals surface area contributed by atoms with Gasteiger partial charge in [-0.25, -0.2) is 0 Å². The molecule has 1 aromatic heterocycles. The molecule has 20 heavy (non-hydrogen) atoms. The molecule has 3 heteroatoms. The van der Waals surface area contributed by atoms with Crippen LogP contribution >= 0.6 is 22.9 Å². The second-order valence-electron chi connectivity index (χ2n) is 5.07. The molecule has 1 atom stereocenters. The summed E-state index contributed by atoms with van der Waals surface area (Å²) in [5, 5.41) is 4.27. The average molecular weight is 302 g/mol. The first kappa shape index (κ1) is 13.6. The van der Waals surface area contributed by atoms with E-state index in [9.17, 15) is 0 Å². The van der Waals surface area contributed by atoms with Gasteiger partial charge in [0, 0.05) is 15.8 Å². The number of fused-ring (bicyclic) bond motifs is 1. The van der Waals surface area contributed by atoms with E-state index in [-0.39, 0.29) is 6.04 Å². The van der Waals surface area contributed by atoms with Gasteiger partial charge >= 0.3 is 0 Å². The maximum Gasteiger partial charge on any atom is 0.0409 e. The second-order valence-corrected chi connectivity index (χ2v) is 6.42. The Morgan fingerprint density at radius 3 is 2.85 bits per heavy atom. The standard InChI is InChI=1S/C17H16ClNS/c1-11-6-7-13(18)9-15(11)16(19)8-12-10-20-17-5-3-2-4-14(12)17/h2-7,9-10,16H,8,19H2,1H3. The molecule has 2 aromatic carbocycles. The minimum Gasteiger partial charge on any atom is -0.324 e. The van der Waals surface area contributed by atoms with E-state index in [0.29, 0.717) is 0 Å². The minimum atomic E-state index is -0.0216. The summed E-state index contributed by atoms with van der Waals surface area (Å²) in [5.41, 5.74) is 10.0. The van der Waals surface area contributed by atoms with E-state index in [0.717, 1.165) is 17.0 Å². The van der Waals surface area contributed by atoms with Gasteiger partial charge in [-0.1, -0.05) is 35.9 Å². The molecule has 0 spiro atoms. The first-order valence-electron chi connectivity index (χ1n) is 6.62. The Morgan fingerprint density at radius 2 is 2.00 bits per heavy atom. The van der Waals surface area contributed by atoms with Gasteiger partial charge in [-0.3, -0.25) is 0 Å². The zero-order valence-corrected chi connectivity index (χ0v) is 12.8. The lowest BCUT2D eigenvalue weighted by atomic mass is 9.96. The molecule has 3 aromatic rings. The predicted molar refractivity (Wildman–Crippen MR) is 88.6 cm³/mol. The van der Waals surface area contributed by atoms with E-state index in [1.165, 1.54) is 21.2 Å². The van der Waals surface area contributed by atoms with E-state index < -0.39 is 0 Å². The molecule has 102 valence electrons. The van der Waals surface area contributed by atoms with Crippen LogP contribution in [0.5, 0.6) is 0 Å². The summed E-state index contributed by atoms with van der Waals surface area (Å²) in [7, 11) is 0. The van der Waals surface area contributed by atoms with E-state index in [4.69, 9.17) is 17.3 Å². The smallest absolute Gasteiger partial charge is 0.0409 e. The van der Waals surface area contributed by atoms with Gasteiger partial charge in [0.05, 0.1) is 0 Å². The molecule has 0 aliphatic carbocycles. The first-order valence-corrected chi connectivity index (χ1v) is 7.87. The van der Waals surface area contributed by atoms with Crippen molar-refractivity contribution in [2.75, 3.05) is 0 Å². The van der Waals surface area contributed by atoms with Crippen molar-refractivity contribution in [1.29, 1.82) is 0 Å². The van der Waals surface area contributed by atoms with Gasteiger partial charge in [-0.15, -0.1) is 11.3 Å². The van der Waals surface area contributed by atoms with Crippen molar-refractivity contribution in [1.82, 2.24) is 0 Å². The van der Waals surface area contributed by atoms with Crippen LogP contribution in [-0.2, 0) is 6.42 Å². The normalized spacial score (nSPS) is 12.8. The summed E-state index contributed by atoms with van der Waals surface area (Å²) < 4.78 is 1.32. The molecule has 0 aliphatic rings. The molecule has 2 N–H and O–H groups in total. The zero-order valence-electron chi connectivity index (χ0n) is 11.3. The van der Waals surface area contributed by atoms with Crippen molar-refractivity contribution >= 4 is 33.0 Å². The van der Waals surface area contributed by atoms with Gasteiger partial charge in [0.1, 0.15) is 0 Å². The molecule has 0 saturated heterocycles. The van der Waals surface area contributed by atoms with Crippen molar-refractivity contribution in [2.24, 2.45) is 5.73 Å². The SMILES string of the molecule is Cc1ccc(Cl)cc1C(N)Cc1csc2ccccc12. The first-order chi connectivity index (χ1) is 9.65. The molecule has 0 bridgehead atoms. The number of rotatable bonds is 3. The van der Waals surface area contributed by atoms with Crippen molar-refractivity contribution in [3.63, 3.8) is 0 Å². The van der Waals surface area contributed by atoms with Crippen LogP contribution in [0.15, 0.2) is 47.8 Å². The Hall–Kier alpha value is -1.35. The number of hydrogen-bond donors (Lipinski definition) is 1. The highest BCUT2D eigenvalue weighted by atomic mass is 35.5.